The van der Waals surface area contributed by atoms with Crippen LogP contribution in [0.1, 0.15) is 35.2 Å². The van der Waals surface area contributed by atoms with Gasteiger partial charge in [-0.25, -0.2) is 0 Å². The predicted octanol–water partition coefficient (Wildman–Crippen LogP) is 4.79. The molecule has 106 valence electrons. The summed E-state index contributed by atoms with van der Waals surface area (Å²) in [5, 5.41) is 3.57. The van der Waals surface area contributed by atoms with Crippen LogP contribution in [0.3, 0.4) is 0 Å². The topological polar surface area (TPSA) is 21.3 Å². The molecule has 0 radical (unpaired) electrons. The summed E-state index contributed by atoms with van der Waals surface area (Å²) in [4.78, 5) is 0. The number of rotatable bonds is 4. The van der Waals surface area contributed by atoms with Crippen LogP contribution < -0.4 is 10.1 Å². The van der Waals surface area contributed by atoms with E-state index in [-0.39, 0.29) is 6.04 Å². The van der Waals surface area contributed by atoms with Crippen LogP contribution in [0.5, 0.6) is 5.75 Å². The third kappa shape index (κ3) is 3.13. The first kappa shape index (κ1) is 14.4. The molecule has 2 rings (SSSR count). The van der Waals surface area contributed by atoms with E-state index < -0.39 is 0 Å². The van der Waals surface area contributed by atoms with Gasteiger partial charge < -0.3 is 10.1 Å². The van der Waals surface area contributed by atoms with Crippen LogP contribution >= 0.6 is 0 Å². The number of aryl methyl sites for hydroxylation is 3. The van der Waals surface area contributed by atoms with Crippen molar-refractivity contribution in [3.05, 3.63) is 58.7 Å². The van der Waals surface area contributed by atoms with Gasteiger partial charge in [-0.15, -0.1) is 0 Å². The van der Waals surface area contributed by atoms with Gasteiger partial charge in [-0.1, -0.05) is 29.8 Å². The van der Waals surface area contributed by atoms with Crippen LogP contribution in [0.25, 0.3) is 0 Å². The lowest BCUT2D eigenvalue weighted by atomic mass is 10.0. The molecule has 0 aliphatic carbocycles. The Morgan fingerprint density at radius 3 is 2.25 bits per heavy atom. The van der Waals surface area contributed by atoms with E-state index in [1.165, 1.54) is 27.9 Å². The summed E-state index contributed by atoms with van der Waals surface area (Å²) in [6.07, 6.45) is 0. The summed E-state index contributed by atoms with van der Waals surface area (Å²) in [7, 11) is 1.72. The minimum absolute atomic E-state index is 0.201. The van der Waals surface area contributed by atoms with Crippen LogP contribution in [-0.2, 0) is 0 Å². The number of methoxy groups -OCH3 is 1. The molecule has 0 bridgehead atoms. The SMILES string of the molecule is COc1cc(C)ccc1C(C)Nc1ccc(C)cc1C. The molecule has 0 fully saturated rings. The average molecular weight is 269 g/mol. The van der Waals surface area contributed by atoms with Gasteiger partial charge in [0.05, 0.1) is 13.2 Å². The number of anilines is 1. The Balaban J connectivity index is 2.25. The van der Waals surface area contributed by atoms with Gasteiger partial charge in [0.1, 0.15) is 5.75 Å². The smallest absolute Gasteiger partial charge is 0.124 e. The molecule has 2 aromatic rings. The van der Waals surface area contributed by atoms with Crippen molar-refractivity contribution in [3.63, 3.8) is 0 Å². The molecule has 1 unspecified atom stereocenters. The maximum absolute atomic E-state index is 5.49. The normalized spacial score (nSPS) is 12.1. The quantitative estimate of drug-likeness (QED) is 0.861. The molecule has 0 heterocycles. The lowest BCUT2D eigenvalue weighted by Gasteiger charge is -2.20. The molecule has 0 spiro atoms. The van der Waals surface area contributed by atoms with Crippen molar-refractivity contribution in [1.82, 2.24) is 0 Å². The van der Waals surface area contributed by atoms with Gasteiger partial charge in [-0.05, 0) is 51.0 Å². The fraction of sp³-hybridized carbons (Fsp3) is 0.333. The van der Waals surface area contributed by atoms with Gasteiger partial charge in [0.2, 0.25) is 0 Å². The molecular weight excluding hydrogens is 246 g/mol. The van der Waals surface area contributed by atoms with E-state index in [1.807, 2.05) is 0 Å². The van der Waals surface area contributed by atoms with Crippen LogP contribution in [0, 0.1) is 20.8 Å². The Hall–Kier alpha value is -1.96. The Bertz CT molecular complexity index is 604. The molecule has 0 amide bonds. The molecule has 0 saturated heterocycles. The lowest BCUT2D eigenvalue weighted by Crippen LogP contribution is -2.09. The second-order valence-corrected chi connectivity index (χ2v) is 5.43. The van der Waals surface area contributed by atoms with E-state index in [0.717, 1.165) is 5.75 Å². The second-order valence-electron chi connectivity index (χ2n) is 5.43. The highest BCUT2D eigenvalue weighted by Crippen LogP contribution is 2.29. The monoisotopic (exact) mass is 269 g/mol. The van der Waals surface area contributed by atoms with Crippen molar-refractivity contribution in [1.29, 1.82) is 0 Å². The van der Waals surface area contributed by atoms with E-state index in [0.29, 0.717) is 0 Å². The summed E-state index contributed by atoms with van der Waals surface area (Å²) in [6.45, 7) is 8.48. The van der Waals surface area contributed by atoms with Gasteiger partial charge in [0.15, 0.2) is 0 Å². The summed E-state index contributed by atoms with van der Waals surface area (Å²) in [5.41, 5.74) is 6.12. The Labute approximate surface area is 121 Å². The zero-order valence-corrected chi connectivity index (χ0v) is 12.9. The molecular formula is C18H23NO. The van der Waals surface area contributed by atoms with E-state index in [9.17, 15) is 0 Å². The van der Waals surface area contributed by atoms with Crippen molar-refractivity contribution in [2.45, 2.75) is 33.7 Å². The summed E-state index contributed by atoms with van der Waals surface area (Å²) < 4.78 is 5.49. The maximum Gasteiger partial charge on any atom is 0.124 e. The molecule has 0 aromatic heterocycles. The van der Waals surface area contributed by atoms with Crippen molar-refractivity contribution in [2.24, 2.45) is 0 Å². The maximum atomic E-state index is 5.49. The molecule has 2 heteroatoms. The van der Waals surface area contributed by atoms with Crippen LogP contribution in [0.2, 0.25) is 0 Å². The molecule has 2 nitrogen and oxygen atoms in total. The van der Waals surface area contributed by atoms with Gasteiger partial charge in [-0.3, -0.25) is 0 Å². The number of benzene rings is 2. The minimum Gasteiger partial charge on any atom is -0.496 e. The zero-order valence-electron chi connectivity index (χ0n) is 12.9. The molecule has 0 aliphatic heterocycles. The Kier molecular flexibility index (Phi) is 4.33. The van der Waals surface area contributed by atoms with Gasteiger partial charge >= 0.3 is 0 Å². The third-order valence-corrected chi connectivity index (χ3v) is 3.61. The van der Waals surface area contributed by atoms with Crippen molar-refractivity contribution < 1.29 is 4.74 Å². The molecule has 1 N–H and O–H groups in total. The third-order valence-electron chi connectivity index (χ3n) is 3.61. The highest BCUT2D eigenvalue weighted by atomic mass is 16.5. The number of ether oxygens (including phenoxy) is 1. The highest BCUT2D eigenvalue weighted by molar-refractivity contribution is 5.54. The average Bonchev–Trinajstić information content (AvgIpc) is 2.41. The first-order valence-electron chi connectivity index (χ1n) is 6.99. The molecule has 20 heavy (non-hydrogen) atoms. The summed E-state index contributed by atoms with van der Waals surface area (Å²) >= 11 is 0. The largest absolute Gasteiger partial charge is 0.496 e. The molecule has 1 atom stereocenters. The van der Waals surface area contributed by atoms with Crippen molar-refractivity contribution in [2.75, 3.05) is 12.4 Å². The number of hydrogen-bond acceptors (Lipinski definition) is 2. The van der Waals surface area contributed by atoms with E-state index >= 15 is 0 Å². The summed E-state index contributed by atoms with van der Waals surface area (Å²) in [6, 6.07) is 13.0. The second kappa shape index (κ2) is 6.00. The van der Waals surface area contributed by atoms with Crippen LogP contribution in [-0.4, -0.2) is 7.11 Å². The molecule has 0 saturated carbocycles. The highest BCUT2D eigenvalue weighted by Gasteiger charge is 2.12. The van der Waals surface area contributed by atoms with Gasteiger partial charge in [-0.2, -0.15) is 0 Å². The van der Waals surface area contributed by atoms with Gasteiger partial charge in [0, 0.05) is 11.3 Å². The Morgan fingerprint density at radius 1 is 0.950 bits per heavy atom. The first-order valence-corrected chi connectivity index (χ1v) is 6.99. The lowest BCUT2D eigenvalue weighted by molar-refractivity contribution is 0.407. The van der Waals surface area contributed by atoms with Crippen molar-refractivity contribution >= 4 is 5.69 Å². The van der Waals surface area contributed by atoms with Crippen molar-refractivity contribution in [3.8, 4) is 5.75 Å². The zero-order chi connectivity index (χ0) is 14.7. The van der Waals surface area contributed by atoms with Crippen LogP contribution in [0.15, 0.2) is 36.4 Å². The van der Waals surface area contributed by atoms with Gasteiger partial charge in [0.25, 0.3) is 0 Å². The van der Waals surface area contributed by atoms with Crippen LogP contribution in [0.4, 0.5) is 5.69 Å². The number of hydrogen-bond donors (Lipinski definition) is 1. The molecule has 0 aliphatic rings. The minimum atomic E-state index is 0.201. The standard InChI is InChI=1S/C18H23NO/c1-12-7-9-17(14(3)10-12)19-15(4)16-8-6-13(2)11-18(16)20-5/h6-11,15,19H,1-5H3. The van der Waals surface area contributed by atoms with E-state index in [2.05, 4.69) is 69.4 Å². The predicted molar refractivity (Wildman–Crippen MR) is 85.7 cm³/mol. The first-order chi connectivity index (χ1) is 9.51. The number of nitrogens with one attached hydrogen (secondary N) is 1. The fourth-order valence-corrected chi connectivity index (χ4v) is 2.46. The van der Waals surface area contributed by atoms with E-state index in [1.54, 1.807) is 7.11 Å². The molecule has 2 aromatic carbocycles. The fourth-order valence-electron chi connectivity index (χ4n) is 2.46. The van der Waals surface area contributed by atoms with E-state index in [4.69, 9.17) is 4.74 Å². The summed E-state index contributed by atoms with van der Waals surface area (Å²) in [5.74, 6) is 0.940. The Morgan fingerprint density at radius 2 is 1.60 bits per heavy atom.